The van der Waals surface area contributed by atoms with Gasteiger partial charge in [-0.25, -0.2) is 0 Å². The van der Waals surface area contributed by atoms with Gasteiger partial charge in [-0.15, -0.1) is 0 Å². The molecule has 0 atom stereocenters. The van der Waals surface area contributed by atoms with Crippen LogP contribution in [-0.2, 0) is 13.1 Å². The Morgan fingerprint density at radius 2 is 1.85 bits per heavy atom. The van der Waals surface area contributed by atoms with E-state index >= 15 is 0 Å². The Balaban J connectivity index is 1.73. The summed E-state index contributed by atoms with van der Waals surface area (Å²) in [6.45, 7) is 10.5. The van der Waals surface area contributed by atoms with Crippen molar-refractivity contribution in [3.8, 4) is 0 Å². The van der Waals surface area contributed by atoms with E-state index in [-0.39, 0.29) is 0 Å². The van der Waals surface area contributed by atoms with E-state index in [4.69, 9.17) is 11.6 Å². The standard InChI is InChI=1S/C22H28ClN3/c1-3-25(4-2)13-12-24-15-19-17-26(22-11-6-5-10-21(19)22)16-18-8-7-9-20(23)14-18/h5-11,14,17,24H,3-4,12-13,15-16H2,1-2H3. The highest BCUT2D eigenvalue weighted by Crippen LogP contribution is 2.23. The Bertz CT molecular complexity index is 836. The summed E-state index contributed by atoms with van der Waals surface area (Å²) < 4.78 is 2.32. The van der Waals surface area contributed by atoms with Crippen molar-refractivity contribution in [3.63, 3.8) is 0 Å². The first-order chi connectivity index (χ1) is 12.7. The molecule has 0 fully saturated rings. The number of para-hydroxylation sites is 1. The van der Waals surface area contributed by atoms with E-state index in [0.717, 1.165) is 44.3 Å². The van der Waals surface area contributed by atoms with Crippen LogP contribution in [0.1, 0.15) is 25.0 Å². The van der Waals surface area contributed by atoms with E-state index in [1.54, 1.807) is 0 Å². The first-order valence-electron chi connectivity index (χ1n) is 9.45. The molecule has 0 unspecified atom stereocenters. The highest BCUT2D eigenvalue weighted by atomic mass is 35.5. The number of rotatable bonds is 9. The minimum Gasteiger partial charge on any atom is -0.343 e. The average molecular weight is 370 g/mol. The molecule has 0 saturated heterocycles. The van der Waals surface area contributed by atoms with Crippen molar-refractivity contribution in [1.29, 1.82) is 0 Å². The molecule has 0 aliphatic rings. The van der Waals surface area contributed by atoms with Crippen LogP contribution in [0.4, 0.5) is 0 Å². The molecule has 3 aromatic rings. The van der Waals surface area contributed by atoms with Gasteiger partial charge in [0.2, 0.25) is 0 Å². The van der Waals surface area contributed by atoms with Crippen LogP contribution in [0, 0.1) is 0 Å². The Morgan fingerprint density at radius 3 is 2.62 bits per heavy atom. The van der Waals surface area contributed by atoms with Gasteiger partial charge in [-0.2, -0.15) is 0 Å². The summed E-state index contributed by atoms with van der Waals surface area (Å²) in [5.41, 5.74) is 3.84. The van der Waals surface area contributed by atoms with E-state index in [2.05, 4.69) is 65.2 Å². The number of aromatic nitrogens is 1. The largest absolute Gasteiger partial charge is 0.343 e. The van der Waals surface area contributed by atoms with Crippen LogP contribution < -0.4 is 5.32 Å². The van der Waals surface area contributed by atoms with Crippen LogP contribution in [-0.4, -0.2) is 35.6 Å². The minimum absolute atomic E-state index is 0.789. The first kappa shape index (κ1) is 19.0. The highest BCUT2D eigenvalue weighted by molar-refractivity contribution is 6.30. The fraction of sp³-hybridized carbons (Fsp3) is 0.364. The van der Waals surface area contributed by atoms with Gasteiger partial charge in [0.25, 0.3) is 0 Å². The molecular weight excluding hydrogens is 342 g/mol. The molecule has 3 rings (SSSR count). The van der Waals surface area contributed by atoms with Crippen LogP contribution in [0.15, 0.2) is 54.7 Å². The summed E-state index contributed by atoms with van der Waals surface area (Å²) in [6.07, 6.45) is 2.27. The van der Waals surface area contributed by atoms with Gasteiger partial charge < -0.3 is 14.8 Å². The van der Waals surface area contributed by atoms with Crippen LogP contribution in [0.3, 0.4) is 0 Å². The minimum atomic E-state index is 0.789. The molecule has 2 aromatic carbocycles. The molecule has 0 amide bonds. The lowest BCUT2D eigenvalue weighted by Crippen LogP contribution is -2.31. The zero-order chi connectivity index (χ0) is 18.4. The van der Waals surface area contributed by atoms with Gasteiger partial charge in [0.1, 0.15) is 0 Å². The third-order valence-electron chi connectivity index (χ3n) is 4.93. The normalized spacial score (nSPS) is 11.5. The van der Waals surface area contributed by atoms with Crippen molar-refractivity contribution < 1.29 is 0 Å². The van der Waals surface area contributed by atoms with Gasteiger partial charge in [-0.1, -0.05) is 55.8 Å². The zero-order valence-electron chi connectivity index (χ0n) is 15.7. The van der Waals surface area contributed by atoms with E-state index < -0.39 is 0 Å². The second-order valence-corrected chi connectivity index (χ2v) is 7.07. The van der Waals surface area contributed by atoms with Gasteiger partial charge in [0.15, 0.2) is 0 Å². The molecule has 0 bridgehead atoms. The van der Waals surface area contributed by atoms with Crippen molar-refractivity contribution in [3.05, 3.63) is 70.9 Å². The van der Waals surface area contributed by atoms with Crippen molar-refractivity contribution in [2.24, 2.45) is 0 Å². The number of nitrogens with zero attached hydrogens (tertiary/aromatic N) is 2. The number of hydrogen-bond acceptors (Lipinski definition) is 2. The number of halogens is 1. The lowest BCUT2D eigenvalue weighted by molar-refractivity contribution is 0.302. The maximum Gasteiger partial charge on any atom is 0.0486 e. The molecular formula is C22H28ClN3. The maximum atomic E-state index is 6.15. The smallest absolute Gasteiger partial charge is 0.0486 e. The lowest BCUT2D eigenvalue weighted by atomic mass is 10.2. The predicted molar refractivity (Wildman–Crippen MR) is 112 cm³/mol. The quantitative estimate of drug-likeness (QED) is 0.548. The summed E-state index contributed by atoms with van der Waals surface area (Å²) in [5.74, 6) is 0. The predicted octanol–water partition coefficient (Wildman–Crippen LogP) is 4.77. The number of nitrogens with one attached hydrogen (secondary N) is 1. The van der Waals surface area contributed by atoms with Crippen molar-refractivity contribution >= 4 is 22.5 Å². The zero-order valence-corrected chi connectivity index (χ0v) is 16.5. The Kier molecular flexibility index (Phi) is 6.73. The van der Waals surface area contributed by atoms with Gasteiger partial charge in [0, 0.05) is 48.3 Å². The number of fused-ring (bicyclic) bond motifs is 1. The van der Waals surface area contributed by atoms with E-state index in [1.807, 2.05) is 18.2 Å². The molecule has 0 spiro atoms. The van der Waals surface area contributed by atoms with Gasteiger partial charge in [-0.3, -0.25) is 0 Å². The Hall–Kier alpha value is -1.81. The summed E-state index contributed by atoms with van der Waals surface area (Å²) >= 11 is 6.15. The molecule has 1 N–H and O–H groups in total. The topological polar surface area (TPSA) is 20.2 Å². The molecule has 138 valence electrons. The molecule has 0 aliphatic heterocycles. The van der Waals surface area contributed by atoms with Crippen LogP contribution in [0.25, 0.3) is 10.9 Å². The van der Waals surface area contributed by atoms with Gasteiger partial charge in [-0.05, 0) is 42.4 Å². The van der Waals surface area contributed by atoms with Crippen LogP contribution in [0.2, 0.25) is 5.02 Å². The molecule has 0 radical (unpaired) electrons. The third-order valence-corrected chi connectivity index (χ3v) is 5.16. The number of benzene rings is 2. The maximum absolute atomic E-state index is 6.15. The van der Waals surface area contributed by atoms with E-state index in [1.165, 1.54) is 22.0 Å². The molecule has 0 saturated carbocycles. The summed E-state index contributed by atoms with van der Waals surface area (Å²) in [7, 11) is 0. The van der Waals surface area contributed by atoms with Crippen molar-refractivity contribution in [1.82, 2.24) is 14.8 Å². The number of likely N-dealkylation sites (N-methyl/N-ethyl adjacent to an activating group) is 1. The van der Waals surface area contributed by atoms with Crippen LogP contribution in [0.5, 0.6) is 0 Å². The van der Waals surface area contributed by atoms with E-state index in [0.29, 0.717) is 0 Å². The average Bonchev–Trinajstić information content (AvgIpc) is 3.00. The number of hydrogen-bond donors (Lipinski definition) is 1. The SMILES string of the molecule is CCN(CC)CCNCc1cn(Cc2cccc(Cl)c2)c2ccccc12. The fourth-order valence-corrected chi connectivity index (χ4v) is 3.64. The summed E-state index contributed by atoms with van der Waals surface area (Å²) in [5, 5.41) is 5.72. The Labute approximate surface area is 161 Å². The van der Waals surface area contributed by atoms with Gasteiger partial charge >= 0.3 is 0 Å². The summed E-state index contributed by atoms with van der Waals surface area (Å²) in [4.78, 5) is 2.44. The molecule has 3 nitrogen and oxygen atoms in total. The van der Waals surface area contributed by atoms with Gasteiger partial charge in [0.05, 0.1) is 0 Å². The summed E-state index contributed by atoms with van der Waals surface area (Å²) in [6, 6.07) is 16.7. The first-order valence-corrected chi connectivity index (χ1v) is 9.83. The van der Waals surface area contributed by atoms with Crippen molar-refractivity contribution in [2.75, 3.05) is 26.2 Å². The lowest BCUT2D eigenvalue weighted by Gasteiger charge is -2.17. The molecule has 0 aliphatic carbocycles. The molecule has 1 aromatic heterocycles. The highest BCUT2D eigenvalue weighted by Gasteiger charge is 2.09. The second-order valence-electron chi connectivity index (χ2n) is 6.63. The van der Waals surface area contributed by atoms with Crippen molar-refractivity contribution in [2.45, 2.75) is 26.9 Å². The molecule has 26 heavy (non-hydrogen) atoms. The Morgan fingerprint density at radius 1 is 1.04 bits per heavy atom. The third kappa shape index (κ3) is 4.67. The second kappa shape index (κ2) is 9.22. The van der Waals surface area contributed by atoms with Crippen LogP contribution >= 0.6 is 11.6 Å². The fourth-order valence-electron chi connectivity index (χ4n) is 3.43. The van der Waals surface area contributed by atoms with E-state index in [9.17, 15) is 0 Å². The molecule has 1 heterocycles. The molecule has 4 heteroatoms. The monoisotopic (exact) mass is 369 g/mol.